The van der Waals surface area contributed by atoms with Crippen LogP contribution in [0.1, 0.15) is 0 Å². The van der Waals surface area contributed by atoms with Crippen LogP contribution in [-0.2, 0) is 0 Å². The van der Waals surface area contributed by atoms with E-state index >= 15 is 0 Å². The molecule has 0 aromatic carbocycles. The van der Waals surface area contributed by atoms with Gasteiger partial charge < -0.3 is 37.1 Å². The fraction of sp³-hybridized carbons (Fsp3) is 0. The number of hydrogen-bond acceptors (Lipinski definition) is 5. The summed E-state index contributed by atoms with van der Waals surface area (Å²) in [5, 5.41) is 0. The van der Waals surface area contributed by atoms with E-state index in [1.165, 1.54) is 0 Å². The first kappa shape index (κ1) is 37.7. The van der Waals surface area contributed by atoms with E-state index in [-0.39, 0.29) is 107 Å². The van der Waals surface area contributed by atoms with Crippen LogP contribution in [0.25, 0.3) is 0 Å². The molecule has 0 spiro atoms. The second-order valence-corrected chi connectivity index (χ2v) is 1.72. The van der Waals surface area contributed by atoms with Crippen LogP contribution in [0.5, 0.6) is 0 Å². The van der Waals surface area contributed by atoms with Gasteiger partial charge in [0.15, 0.2) is 0 Å². The van der Waals surface area contributed by atoms with E-state index in [1.807, 2.05) is 0 Å². The quantitative estimate of drug-likeness (QED) is 0.348. The average Bonchev–Trinajstić information content (AvgIpc) is 0.722. The van der Waals surface area contributed by atoms with Crippen LogP contribution < -0.4 is 106 Å². The van der Waals surface area contributed by atoms with Crippen molar-refractivity contribution in [1.29, 1.82) is 0 Å². The molecule has 0 saturated heterocycles. The molecule has 0 aliphatic carbocycles. The predicted octanol–water partition coefficient (Wildman–Crippen LogP) is -15.4. The Hall–Kier alpha value is 3.31. The maximum Gasteiger partial charge on any atom is 1.00 e. The molecule has 10 heteroatoms. The first-order chi connectivity index (χ1) is 2.00. The third-order valence-electron chi connectivity index (χ3n) is 0. The molecule has 5 nitrogen and oxygen atoms in total. The molecule has 0 atom stereocenters. The monoisotopic (exact) mass is 216 g/mol. The number of hydrogen-bond donors (Lipinski definition) is 3. The first-order valence-electron chi connectivity index (χ1n) is 0.875. The Kier molecular flexibility index (Phi) is 68.6. The summed E-state index contributed by atoms with van der Waals surface area (Å²) >= 11 is 0. The molecule has 0 rings (SSSR count). The van der Waals surface area contributed by atoms with E-state index in [0.717, 1.165) is 0 Å². The fourth-order valence-corrected chi connectivity index (χ4v) is 0. The Morgan fingerprint density at radius 2 is 0.900 bits per heavy atom. The molecule has 10 heavy (non-hydrogen) atoms. The van der Waals surface area contributed by atoms with Gasteiger partial charge in [-0.1, -0.05) is 0 Å². The van der Waals surface area contributed by atoms with Gasteiger partial charge in [0.1, 0.15) is 0 Å². The Morgan fingerprint density at radius 1 is 0.900 bits per heavy atom. The van der Waals surface area contributed by atoms with Crippen molar-refractivity contribution in [3.05, 3.63) is 0 Å². The number of halogens is 1. The van der Waals surface area contributed by atoms with Gasteiger partial charge >= 0.3 is 97.7 Å². The first-order valence-corrected chi connectivity index (χ1v) is 2.62. The summed E-state index contributed by atoms with van der Waals surface area (Å²) in [7, 11) is -4.86. The third kappa shape index (κ3) is 110. The van der Waals surface area contributed by atoms with Crippen molar-refractivity contribution in [2.75, 3.05) is 0 Å². The van der Waals surface area contributed by atoms with Crippen LogP contribution in [-0.4, -0.2) is 28.9 Å². The summed E-state index contributed by atoms with van der Waals surface area (Å²) in [6, 6.07) is 0. The molecule has 0 radical (unpaired) electrons. The molecule has 0 unspecified atom stereocenters. The zero-order valence-corrected chi connectivity index (χ0v) is 13.8. The summed E-state index contributed by atoms with van der Waals surface area (Å²) in [4.78, 5) is 30.6. The van der Waals surface area contributed by atoms with E-state index in [1.54, 1.807) is 0 Å². The van der Waals surface area contributed by atoms with Gasteiger partial charge in [-0.3, -0.25) is 0 Å². The zero-order valence-electron chi connectivity index (χ0n) is 6.08. The maximum absolute atomic E-state index is 8.91. The minimum absolute atomic E-state index is 0. The van der Waals surface area contributed by atoms with Crippen LogP contribution in [0.15, 0.2) is 0 Å². The maximum atomic E-state index is 8.91. The van der Waals surface area contributed by atoms with Crippen LogP contribution in [0.3, 0.4) is 0 Å². The summed E-state index contributed by atoms with van der Waals surface area (Å²) in [6.45, 7) is 0. The van der Waals surface area contributed by atoms with Crippen molar-refractivity contribution in [3.8, 4) is 0 Å². The molecule has 0 amide bonds. The minimum atomic E-state index is -4.86. The summed E-state index contributed by atoms with van der Waals surface area (Å²) in [5.74, 6) is 0. The van der Waals surface area contributed by atoms with Crippen molar-refractivity contribution in [2.24, 2.45) is 0 Å². The van der Waals surface area contributed by atoms with Gasteiger partial charge in [-0.25, -0.2) is 0 Å². The van der Waals surface area contributed by atoms with E-state index in [0.29, 0.717) is 0 Å². The van der Waals surface area contributed by atoms with Gasteiger partial charge in [-0.15, -0.1) is 0 Å². The fourth-order valence-electron chi connectivity index (χ4n) is 0. The van der Waals surface area contributed by atoms with Gasteiger partial charge in [-0.05, 0) is 0 Å². The standard InChI is InChI=1S/ClH.3Na.H3O4Si.H2O/c;;;;1-5(2,3)4;/h1H;;;;1-3H;1H2/q;3*+1;-1;/p-2. The van der Waals surface area contributed by atoms with Gasteiger partial charge in [-0.2, -0.15) is 0 Å². The molecule has 48 valence electrons. The van der Waals surface area contributed by atoms with Crippen LogP contribution in [0.4, 0.5) is 0 Å². The van der Waals surface area contributed by atoms with Gasteiger partial charge in [0.25, 0.3) is 0 Å². The van der Waals surface area contributed by atoms with Crippen molar-refractivity contribution < 1.29 is 126 Å². The van der Waals surface area contributed by atoms with Crippen molar-refractivity contribution in [3.63, 3.8) is 0 Å². The molecule has 0 saturated carbocycles. The molecule has 0 bridgehead atoms. The van der Waals surface area contributed by atoms with Gasteiger partial charge in [0, 0.05) is 0 Å². The molecule has 0 aromatic heterocycles. The largest absolute Gasteiger partial charge is 1.00 e. The Morgan fingerprint density at radius 3 is 0.900 bits per heavy atom. The normalized spacial score (nSPS) is 6.00. The van der Waals surface area contributed by atoms with Gasteiger partial charge in [0.05, 0.1) is 0 Å². The smallest absolute Gasteiger partial charge is 1.00 e. The summed E-state index contributed by atoms with van der Waals surface area (Å²) in [5.41, 5.74) is 0. The van der Waals surface area contributed by atoms with Crippen molar-refractivity contribution in [1.82, 2.24) is 0 Å². The number of rotatable bonds is 0. The predicted molar refractivity (Wildman–Crippen MR) is 14.3 cm³/mol. The van der Waals surface area contributed by atoms with E-state index in [2.05, 4.69) is 0 Å². The van der Waals surface area contributed by atoms with E-state index < -0.39 is 9.05 Å². The van der Waals surface area contributed by atoms with Crippen molar-refractivity contribution >= 4 is 9.05 Å². The van der Waals surface area contributed by atoms with Crippen LogP contribution >= 0.6 is 0 Å². The molecular formula is H4ClNa3O5Si. The van der Waals surface area contributed by atoms with Crippen molar-refractivity contribution in [2.45, 2.75) is 0 Å². The Bertz CT molecular complexity index is 32.4. The Balaban J connectivity index is -0.00000000800. The van der Waals surface area contributed by atoms with Gasteiger partial charge in [0.2, 0.25) is 0 Å². The second-order valence-electron chi connectivity index (χ2n) is 0.574. The molecular weight excluding hydrogens is 213 g/mol. The molecule has 0 aliphatic heterocycles. The van der Waals surface area contributed by atoms with E-state index in [9.17, 15) is 0 Å². The minimum Gasteiger partial charge on any atom is -1.00 e. The average molecular weight is 217 g/mol. The topological polar surface area (TPSA) is 114 Å². The molecule has 0 aliphatic rings. The molecule has 0 heterocycles. The zero-order chi connectivity index (χ0) is 4.50. The third-order valence-corrected chi connectivity index (χ3v) is 0. The van der Waals surface area contributed by atoms with Crippen LogP contribution in [0.2, 0.25) is 0 Å². The summed E-state index contributed by atoms with van der Waals surface area (Å²) < 4.78 is 0. The van der Waals surface area contributed by atoms with E-state index in [4.69, 9.17) is 19.2 Å². The summed E-state index contributed by atoms with van der Waals surface area (Å²) in [6.07, 6.45) is 0. The molecule has 0 aromatic rings. The Labute approximate surface area is 132 Å². The molecule has 4 N–H and O–H groups in total. The van der Waals surface area contributed by atoms with Crippen LogP contribution in [0, 0.1) is 0 Å². The second kappa shape index (κ2) is 18.2. The SMILES string of the molecule is [Cl-].[Na+].[Na+].[Na+].[O-][Si](O)(O)O.[OH-]. The molecule has 0 fully saturated rings.